The molecule has 2 N–H and O–H groups in total. The summed E-state index contributed by atoms with van der Waals surface area (Å²) in [5.74, 6) is 0.415. The monoisotopic (exact) mass is 659 g/mol. The molecule has 3 saturated heterocycles. The number of phenols is 1. The number of nitrogens with zero attached hydrogens (tertiary/aromatic N) is 5. The maximum absolute atomic E-state index is 14.6. The molecule has 0 radical (unpaired) electrons. The molecule has 0 bridgehead atoms. The highest BCUT2D eigenvalue weighted by molar-refractivity contribution is 9.10. The van der Waals surface area contributed by atoms with Gasteiger partial charge >= 0.3 is 6.01 Å². The molecule has 43 heavy (non-hydrogen) atoms. The predicted molar refractivity (Wildman–Crippen MR) is 162 cm³/mol. The number of hydrogen-bond acceptors (Lipinski definition) is 9. The fraction of sp³-hybridized carbons (Fsp3) is 0.548. The van der Waals surface area contributed by atoms with Crippen molar-refractivity contribution >= 4 is 38.2 Å². The molecule has 5 heterocycles. The number of aromatic nitrogens is 2. The Bertz CT molecular complexity index is 1560. The van der Waals surface area contributed by atoms with Crippen molar-refractivity contribution in [3.05, 3.63) is 45.8 Å². The normalized spacial score (nSPS) is 27.8. The number of rotatable bonds is 5. The zero-order valence-corrected chi connectivity index (χ0v) is 25.7. The molecule has 0 amide bonds. The van der Waals surface area contributed by atoms with Crippen LogP contribution in [0.1, 0.15) is 37.4 Å². The molecule has 3 fully saturated rings. The van der Waals surface area contributed by atoms with Crippen molar-refractivity contribution in [3.8, 4) is 11.8 Å². The van der Waals surface area contributed by atoms with Gasteiger partial charge in [0.05, 0.1) is 42.0 Å². The lowest BCUT2D eigenvalue weighted by Gasteiger charge is -2.35. The van der Waals surface area contributed by atoms with Gasteiger partial charge in [0.2, 0.25) is 0 Å². The Kier molecular flexibility index (Phi) is 7.39. The molecule has 3 aromatic rings. The summed E-state index contributed by atoms with van der Waals surface area (Å²) in [4.78, 5) is 16.1. The van der Waals surface area contributed by atoms with Crippen molar-refractivity contribution in [1.29, 1.82) is 0 Å². The van der Waals surface area contributed by atoms with Gasteiger partial charge in [-0.2, -0.15) is 9.97 Å². The average Bonchev–Trinajstić information content (AvgIpc) is 3.43. The summed E-state index contributed by atoms with van der Waals surface area (Å²) < 4.78 is 41.4. The van der Waals surface area contributed by atoms with Crippen LogP contribution < -0.4 is 14.5 Å². The van der Waals surface area contributed by atoms with Crippen LogP contribution in [0.2, 0.25) is 0 Å². The van der Waals surface area contributed by atoms with Gasteiger partial charge in [0.25, 0.3) is 0 Å². The largest absolute Gasteiger partial charge is 0.508 e. The highest BCUT2D eigenvalue weighted by atomic mass is 79.9. The Morgan fingerprint density at radius 3 is 2.91 bits per heavy atom. The molecule has 1 unspecified atom stereocenters. The number of ether oxygens (including phenoxy) is 2. The fourth-order valence-corrected chi connectivity index (χ4v) is 7.92. The molecule has 0 spiro atoms. The van der Waals surface area contributed by atoms with E-state index < -0.39 is 11.8 Å². The van der Waals surface area contributed by atoms with Crippen LogP contribution in [-0.2, 0) is 17.7 Å². The maximum Gasteiger partial charge on any atom is 0.318 e. The third-order valence-electron chi connectivity index (χ3n) is 9.32. The minimum Gasteiger partial charge on any atom is -0.508 e. The quantitative estimate of drug-likeness (QED) is 0.415. The van der Waals surface area contributed by atoms with Gasteiger partial charge in [-0.3, -0.25) is 4.90 Å². The van der Waals surface area contributed by atoms with Crippen molar-refractivity contribution in [1.82, 2.24) is 14.9 Å². The van der Waals surface area contributed by atoms with E-state index in [1.165, 1.54) is 6.07 Å². The lowest BCUT2D eigenvalue weighted by molar-refractivity contribution is -0.0123. The number of phenolic OH excluding ortho intramolecular Hbond substituents is 1. The van der Waals surface area contributed by atoms with Crippen LogP contribution in [0, 0.1) is 5.82 Å². The number of hydrogen-bond donors (Lipinski definition) is 2. The summed E-state index contributed by atoms with van der Waals surface area (Å²) in [5, 5.41) is 22.9. The number of fused-ring (bicyclic) bond motifs is 3. The third kappa shape index (κ3) is 5.40. The molecule has 3 atom stereocenters. The van der Waals surface area contributed by atoms with E-state index in [-0.39, 0.29) is 29.7 Å². The number of benzene rings is 2. The summed E-state index contributed by atoms with van der Waals surface area (Å²) in [5.41, 5.74) is 1.01. The standard InChI is InChI=1S/C31H36BrF2N5O4/c1-30(41)16-38(9-10-42-17-30)28-22-5-8-37(25-12-21(40)11-19-3-4-23(34)27(32)26(19)25)15-24(22)35-29(36-28)43-18-31-6-2-7-39(31)14-20(33)13-31/h3-4,11-12,20,40-41H,2,5-10,13-18H2,1H3/t20-,30?,31+/m1/s1. The van der Waals surface area contributed by atoms with Crippen LogP contribution >= 0.6 is 15.9 Å². The van der Waals surface area contributed by atoms with Crippen LogP contribution in [0.15, 0.2) is 28.7 Å². The van der Waals surface area contributed by atoms with Gasteiger partial charge in [-0.1, -0.05) is 6.07 Å². The van der Waals surface area contributed by atoms with E-state index in [2.05, 4.69) is 25.7 Å². The number of aromatic hydroxyl groups is 1. The number of anilines is 2. The van der Waals surface area contributed by atoms with Crippen molar-refractivity contribution in [2.24, 2.45) is 0 Å². The molecule has 0 saturated carbocycles. The first-order valence-corrected chi connectivity index (χ1v) is 15.7. The van der Waals surface area contributed by atoms with Gasteiger partial charge in [-0.25, -0.2) is 8.78 Å². The van der Waals surface area contributed by atoms with Crippen molar-refractivity contribution in [3.63, 3.8) is 0 Å². The average molecular weight is 661 g/mol. The van der Waals surface area contributed by atoms with Crippen LogP contribution in [-0.4, -0.2) is 94.9 Å². The van der Waals surface area contributed by atoms with E-state index >= 15 is 0 Å². The lowest BCUT2D eigenvalue weighted by atomic mass is 9.95. The van der Waals surface area contributed by atoms with Crippen molar-refractivity contribution in [2.75, 3.05) is 62.3 Å². The van der Waals surface area contributed by atoms with Crippen LogP contribution in [0.5, 0.6) is 11.8 Å². The van der Waals surface area contributed by atoms with Gasteiger partial charge in [-0.05, 0) is 66.2 Å². The van der Waals surface area contributed by atoms with E-state index in [9.17, 15) is 19.0 Å². The molecule has 230 valence electrons. The van der Waals surface area contributed by atoms with Crippen molar-refractivity contribution < 1.29 is 28.5 Å². The summed E-state index contributed by atoms with van der Waals surface area (Å²) in [6, 6.07) is 6.54. The first-order chi connectivity index (χ1) is 20.6. The topological polar surface area (TPSA) is 94.4 Å². The van der Waals surface area contributed by atoms with Gasteiger partial charge in [-0.15, -0.1) is 0 Å². The summed E-state index contributed by atoms with van der Waals surface area (Å²) in [6.07, 6.45) is 2.06. The summed E-state index contributed by atoms with van der Waals surface area (Å²) in [7, 11) is 0. The maximum atomic E-state index is 14.6. The molecular weight excluding hydrogens is 624 g/mol. The Balaban J connectivity index is 1.26. The second kappa shape index (κ2) is 11.0. The van der Waals surface area contributed by atoms with Gasteiger partial charge in [0, 0.05) is 48.8 Å². The number of aliphatic hydroxyl groups is 1. The first-order valence-electron chi connectivity index (χ1n) is 14.9. The third-order valence-corrected chi connectivity index (χ3v) is 10.1. The SMILES string of the molecule is CC1(O)COCCN(c2nc(OC[C@@]34CCCN3C[C@H](F)C4)nc3c2CCN(c2cc(O)cc4ccc(F)c(Br)c24)C3)C1. The number of halogens is 3. The van der Waals surface area contributed by atoms with E-state index in [1.54, 1.807) is 25.1 Å². The number of β-amino-alcohol motifs (C(OH)–C–C–N with tert-alkyl or cyclic N) is 1. The molecule has 9 nitrogen and oxygen atoms in total. The van der Waals surface area contributed by atoms with Crippen LogP contribution in [0.3, 0.4) is 0 Å². The van der Waals surface area contributed by atoms with E-state index in [0.29, 0.717) is 80.1 Å². The predicted octanol–water partition coefficient (Wildman–Crippen LogP) is 4.34. The molecular formula is C31H36BrF2N5O4. The molecule has 4 aliphatic heterocycles. The van der Waals surface area contributed by atoms with E-state index in [4.69, 9.17) is 19.4 Å². The smallest absolute Gasteiger partial charge is 0.318 e. The van der Waals surface area contributed by atoms with E-state index in [1.807, 2.05) is 4.90 Å². The Labute approximate surface area is 257 Å². The molecule has 0 aliphatic carbocycles. The highest BCUT2D eigenvalue weighted by Gasteiger charge is 2.49. The Morgan fingerprint density at radius 1 is 1.19 bits per heavy atom. The van der Waals surface area contributed by atoms with Gasteiger partial charge < -0.3 is 29.5 Å². The second-order valence-corrected chi connectivity index (χ2v) is 13.5. The van der Waals surface area contributed by atoms with Crippen LogP contribution in [0.25, 0.3) is 10.8 Å². The van der Waals surface area contributed by atoms with E-state index in [0.717, 1.165) is 36.0 Å². The Morgan fingerprint density at radius 2 is 2.05 bits per heavy atom. The lowest BCUT2D eigenvalue weighted by Crippen LogP contribution is -2.44. The van der Waals surface area contributed by atoms with Gasteiger partial charge in [0.15, 0.2) is 0 Å². The molecule has 12 heteroatoms. The summed E-state index contributed by atoms with van der Waals surface area (Å²) >= 11 is 3.42. The molecule has 4 aliphatic rings. The summed E-state index contributed by atoms with van der Waals surface area (Å²) in [6.45, 7) is 5.89. The zero-order valence-electron chi connectivity index (χ0n) is 24.2. The van der Waals surface area contributed by atoms with Crippen LogP contribution in [0.4, 0.5) is 20.3 Å². The molecule has 7 rings (SSSR count). The zero-order chi connectivity index (χ0) is 29.9. The van der Waals surface area contributed by atoms with Crippen molar-refractivity contribution in [2.45, 2.75) is 56.5 Å². The second-order valence-electron chi connectivity index (χ2n) is 12.7. The first kappa shape index (κ1) is 28.9. The minimum atomic E-state index is -1.06. The highest BCUT2D eigenvalue weighted by Crippen LogP contribution is 2.42. The van der Waals surface area contributed by atoms with Gasteiger partial charge in [0.1, 0.15) is 35.8 Å². The number of alkyl halides is 1. The molecule has 2 aromatic carbocycles. The minimum absolute atomic E-state index is 0.0918. The fourth-order valence-electron chi connectivity index (χ4n) is 7.36. The molecule has 1 aromatic heterocycles. The Hall–Kier alpha value is -2.80.